The van der Waals surface area contributed by atoms with Crippen molar-refractivity contribution in [1.82, 2.24) is 34.2 Å². The van der Waals surface area contributed by atoms with Gasteiger partial charge in [-0.05, 0) is 37.2 Å². The van der Waals surface area contributed by atoms with Crippen molar-refractivity contribution >= 4 is 41.7 Å². The maximum atomic E-state index is 13.1. The number of ether oxygens (including phenoxy) is 2. The van der Waals surface area contributed by atoms with E-state index in [1.165, 1.54) is 0 Å². The molecule has 13 heteroatoms. The van der Waals surface area contributed by atoms with E-state index in [1.807, 2.05) is 42.0 Å². The summed E-state index contributed by atoms with van der Waals surface area (Å²) in [6.07, 6.45) is 5.18. The summed E-state index contributed by atoms with van der Waals surface area (Å²) in [5.41, 5.74) is 4.27. The monoisotopic (exact) mass is 625 g/mol. The summed E-state index contributed by atoms with van der Waals surface area (Å²) in [6, 6.07) is 10.4. The van der Waals surface area contributed by atoms with E-state index in [0.29, 0.717) is 53.1 Å². The van der Waals surface area contributed by atoms with Crippen molar-refractivity contribution in [2.75, 3.05) is 26.2 Å². The SMILES string of the molecule is Cc1nc2ccc(Oc3ccc4ncc(-c5cnn(CCN6CC(F)(F)C6)c5)nc4c3Cl)cc2n1COCC[Si](C)(C)C. The molecule has 9 nitrogen and oxygen atoms in total. The van der Waals surface area contributed by atoms with Gasteiger partial charge in [0.1, 0.15) is 34.6 Å². The van der Waals surface area contributed by atoms with Gasteiger partial charge in [-0.2, -0.15) is 5.10 Å². The molecule has 0 aliphatic carbocycles. The van der Waals surface area contributed by atoms with Gasteiger partial charge in [-0.1, -0.05) is 31.2 Å². The van der Waals surface area contributed by atoms with E-state index in [1.54, 1.807) is 28.0 Å². The van der Waals surface area contributed by atoms with Crippen LogP contribution < -0.4 is 4.74 Å². The summed E-state index contributed by atoms with van der Waals surface area (Å²) in [6.45, 7) is 10.7. The van der Waals surface area contributed by atoms with E-state index < -0.39 is 14.0 Å². The molecule has 1 fully saturated rings. The minimum atomic E-state index is -2.58. The zero-order valence-corrected chi connectivity index (χ0v) is 26.4. The molecule has 1 aliphatic heterocycles. The molecule has 1 aliphatic rings. The summed E-state index contributed by atoms with van der Waals surface area (Å²) in [5, 5.41) is 4.71. The van der Waals surface area contributed by atoms with Crippen LogP contribution in [0.25, 0.3) is 33.3 Å². The molecule has 226 valence electrons. The molecule has 0 N–H and O–H groups in total. The normalized spacial score (nSPS) is 15.3. The van der Waals surface area contributed by atoms with Gasteiger partial charge in [0.15, 0.2) is 0 Å². The Morgan fingerprint density at radius 2 is 1.81 bits per heavy atom. The van der Waals surface area contributed by atoms with Gasteiger partial charge in [0, 0.05) is 39.1 Å². The second-order valence-electron chi connectivity index (χ2n) is 12.2. The van der Waals surface area contributed by atoms with Gasteiger partial charge >= 0.3 is 0 Å². The van der Waals surface area contributed by atoms with Gasteiger partial charge in [-0.3, -0.25) is 14.6 Å². The Balaban J connectivity index is 1.18. The number of alkyl halides is 2. The van der Waals surface area contributed by atoms with Crippen LogP contribution in [0.1, 0.15) is 5.82 Å². The minimum absolute atomic E-state index is 0.204. The van der Waals surface area contributed by atoms with Gasteiger partial charge in [-0.25, -0.2) is 18.7 Å². The molecule has 0 atom stereocenters. The van der Waals surface area contributed by atoms with Crippen molar-refractivity contribution in [3.63, 3.8) is 0 Å². The van der Waals surface area contributed by atoms with Crippen molar-refractivity contribution in [3.8, 4) is 22.8 Å². The zero-order chi connectivity index (χ0) is 30.4. The minimum Gasteiger partial charge on any atom is -0.456 e. The fraction of sp³-hybridized carbons (Fsp3) is 0.400. The molecule has 0 unspecified atom stereocenters. The van der Waals surface area contributed by atoms with E-state index in [-0.39, 0.29) is 13.1 Å². The van der Waals surface area contributed by atoms with Crippen LogP contribution in [-0.2, 0) is 18.0 Å². The first-order valence-electron chi connectivity index (χ1n) is 14.2. The first-order valence-corrected chi connectivity index (χ1v) is 18.3. The van der Waals surface area contributed by atoms with E-state index in [4.69, 9.17) is 26.1 Å². The molecule has 4 heterocycles. The average molecular weight is 626 g/mol. The lowest BCUT2D eigenvalue weighted by molar-refractivity contribution is -0.131. The lowest BCUT2D eigenvalue weighted by atomic mass is 10.1. The van der Waals surface area contributed by atoms with E-state index >= 15 is 0 Å². The predicted molar refractivity (Wildman–Crippen MR) is 166 cm³/mol. The lowest BCUT2D eigenvalue weighted by Crippen LogP contribution is -2.56. The average Bonchev–Trinajstić information content (AvgIpc) is 3.53. The molecule has 0 saturated carbocycles. The number of aromatic nitrogens is 6. The number of rotatable bonds is 11. The van der Waals surface area contributed by atoms with Crippen molar-refractivity contribution < 1.29 is 18.3 Å². The Kier molecular flexibility index (Phi) is 7.96. The highest BCUT2D eigenvalue weighted by Crippen LogP contribution is 2.36. The summed E-state index contributed by atoms with van der Waals surface area (Å²) < 4.78 is 42.2. The third kappa shape index (κ3) is 6.72. The number of fused-ring (bicyclic) bond motifs is 2. The van der Waals surface area contributed by atoms with E-state index in [0.717, 1.165) is 35.1 Å². The van der Waals surface area contributed by atoms with Crippen LogP contribution in [0.2, 0.25) is 30.7 Å². The number of benzene rings is 2. The second-order valence-corrected chi connectivity index (χ2v) is 18.2. The summed E-state index contributed by atoms with van der Waals surface area (Å²) >= 11 is 6.81. The van der Waals surface area contributed by atoms with Gasteiger partial charge in [0.25, 0.3) is 5.92 Å². The van der Waals surface area contributed by atoms with Crippen molar-refractivity contribution in [2.24, 2.45) is 0 Å². The number of aryl methyl sites for hydroxylation is 1. The van der Waals surface area contributed by atoms with Gasteiger partial charge < -0.3 is 14.0 Å². The maximum absolute atomic E-state index is 13.1. The van der Waals surface area contributed by atoms with Crippen LogP contribution >= 0.6 is 11.6 Å². The smallest absolute Gasteiger partial charge is 0.272 e. The highest BCUT2D eigenvalue weighted by atomic mass is 35.5. The predicted octanol–water partition coefficient (Wildman–Crippen LogP) is 6.86. The summed E-state index contributed by atoms with van der Waals surface area (Å²) in [7, 11) is -1.18. The molecule has 2 aromatic carbocycles. The molecule has 43 heavy (non-hydrogen) atoms. The fourth-order valence-electron chi connectivity index (χ4n) is 4.98. The topological polar surface area (TPSA) is 83.1 Å². The zero-order valence-electron chi connectivity index (χ0n) is 24.6. The molecule has 1 saturated heterocycles. The molecule has 6 rings (SSSR count). The standard InChI is InChI=1S/C30H34ClF2N7O2Si/c1-20-36-23-6-5-22(13-26(23)40(20)19-41-11-12-43(2,3)4)42-27-8-7-24-29(28(27)31)37-25(15-34-24)21-14-35-39(16-21)10-9-38-17-30(32,33)18-38/h5-8,13-16H,9-12,17-19H2,1-4H3. The van der Waals surface area contributed by atoms with Crippen LogP contribution in [0, 0.1) is 6.92 Å². The maximum Gasteiger partial charge on any atom is 0.272 e. The molecular formula is C30H34ClF2N7O2Si. The Hall–Kier alpha value is -3.45. The number of halogens is 3. The number of hydrogen-bond donors (Lipinski definition) is 0. The molecule has 5 aromatic rings. The Labute approximate surface area is 254 Å². The highest BCUT2D eigenvalue weighted by Gasteiger charge is 2.43. The molecule has 0 bridgehead atoms. The molecule has 0 amide bonds. The third-order valence-corrected chi connectivity index (χ3v) is 9.53. The Bertz CT molecular complexity index is 1780. The van der Waals surface area contributed by atoms with E-state index in [2.05, 4.69) is 34.7 Å². The molecule has 0 radical (unpaired) electrons. The van der Waals surface area contributed by atoms with Crippen molar-refractivity contribution in [1.29, 1.82) is 0 Å². The summed E-state index contributed by atoms with van der Waals surface area (Å²) in [5.74, 6) is -0.635. The van der Waals surface area contributed by atoms with Gasteiger partial charge in [0.05, 0.1) is 54.3 Å². The van der Waals surface area contributed by atoms with Crippen molar-refractivity contribution in [3.05, 3.63) is 59.8 Å². The number of likely N-dealkylation sites (tertiary alicyclic amines) is 1. The number of hydrogen-bond acceptors (Lipinski definition) is 7. The third-order valence-electron chi connectivity index (χ3n) is 7.46. The molecule has 3 aromatic heterocycles. The first kappa shape index (κ1) is 29.6. The molecule has 0 spiro atoms. The quantitative estimate of drug-likeness (QED) is 0.117. The van der Waals surface area contributed by atoms with Gasteiger partial charge in [-0.15, -0.1) is 0 Å². The summed E-state index contributed by atoms with van der Waals surface area (Å²) in [4.78, 5) is 15.7. The Morgan fingerprint density at radius 3 is 2.58 bits per heavy atom. The fourth-order valence-corrected chi connectivity index (χ4v) is 5.98. The first-order chi connectivity index (χ1) is 20.4. The number of imidazole rings is 1. The largest absolute Gasteiger partial charge is 0.456 e. The molecular weight excluding hydrogens is 592 g/mol. The van der Waals surface area contributed by atoms with E-state index in [9.17, 15) is 8.78 Å². The second kappa shape index (κ2) is 11.6. The van der Waals surface area contributed by atoms with Crippen LogP contribution in [0.3, 0.4) is 0 Å². The highest BCUT2D eigenvalue weighted by molar-refractivity contribution is 6.76. The number of nitrogens with zero attached hydrogens (tertiary/aromatic N) is 7. The van der Waals surface area contributed by atoms with Crippen LogP contribution in [0.5, 0.6) is 11.5 Å². The van der Waals surface area contributed by atoms with Crippen molar-refractivity contribution in [2.45, 2.75) is 51.8 Å². The van der Waals surface area contributed by atoms with Gasteiger partial charge in [0.2, 0.25) is 0 Å². The van der Waals surface area contributed by atoms with Crippen LogP contribution in [-0.4, -0.2) is 74.4 Å². The van der Waals surface area contributed by atoms with Crippen LogP contribution in [0.4, 0.5) is 8.78 Å². The Morgan fingerprint density at radius 1 is 1.02 bits per heavy atom. The lowest BCUT2D eigenvalue weighted by Gasteiger charge is -2.38. The van der Waals surface area contributed by atoms with Crippen LogP contribution in [0.15, 0.2) is 48.9 Å².